The molecule has 7 amide bonds. The Labute approximate surface area is 291 Å². The number of aliphatic hydroxyl groups excluding tert-OH is 1. The van der Waals surface area contributed by atoms with Crippen molar-refractivity contribution in [3.8, 4) is 0 Å². The van der Waals surface area contributed by atoms with Gasteiger partial charge in [0.05, 0.1) is 18.7 Å². The summed E-state index contributed by atoms with van der Waals surface area (Å²) in [6.07, 6.45) is -3.50. The molecule has 2 aliphatic heterocycles. The topological polar surface area (TPSA) is 327 Å². The van der Waals surface area contributed by atoms with E-state index in [4.69, 9.17) is 5.11 Å². The van der Waals surface area contributed by atoms with Crippen LogP contribution in [0.4, 0.5) is 0 Å². The van der Waals surface area contributed by atoms with Crippen molar-refractivity contribution in [3.63, 3.8) is 0 Å². The summed E-state index contributed by atoms with van der Waals surface area (Å²) < 4.78 is 0. The van der Waals surface area contributed by atoms with Gasteiger partial charge in [0.2, 0.25) is 29.5 Å². The molecule has 51 heavy (non-hydrogen) atoms. The monoisotopic (exact) mass is 725 g/mol. The van der Waals surface area contributed by atoms with Crippen molar-refractivity contribution in [1.82, 2.24) is 31.5 Å². The second-order valence-corrected chi connectivity index (χ2v) is 12.0. The zero-order valence-corrected chi connectivity index (χ0v) is 27.8. The molecule has 2 aliphatic rings. The number of nitrogens with one attached hydrogen (secondary N) is 5. The Morgan fingerprint density at radius 2 is 1.43 bits per heavy atom. The van der Waals surface area contributed by atoms with Crippen LogP contribution in [0.5, 0.6) is 0 Å². The van der Waals surface area contributed by atoms with Crippen molar-refractivity contribution in [3.05, 3.63) is 0 Å². The molecule has 1 saturated heterocycles. The van der Waals surface area contributed by atoms with Gasteiger partial charge < -0.3 is 51.9 Å². The van der Waals surface area contributed by atoms with Gasteiger partial charge in [-0.1, -0.05) is 0 Å². The molecule has 9 N–H and O–H groups in total. The van der Waals surface area contributed by atoms with Crippen LogP contribution in [-0.4, -0.2) is 140 Å². The van der Waals surface area contributed by atoms with Crippen LogP contribution >= 0.6 is 0 Å². The molecule has 0 spiro atoms. The second-order valence-electron chi connectivity index (χ2n) is 12.0. The first-order valence-electron chi connectivity index (χ1n) is 16.2. The predicted molar refractivity (Wildman–Crippen MR) is 170 cm³/mol. The van der Waals surface area contributed by atoms with Gasteiger partial charge in [-0.05, 0) is 45.4 Å². The molecule has 0 aliphatic carbocycles. The number of aliphatic imine (C=N–C) groups is 1. The van der Waals surface area contributed by atoms with Crippen LogP contribution in [-0.2, 0) is 47.9 Å². The molecule has 0 unspecified atom stereocenters. The number of carboxylic acids is 3. The van der Waals surface area contributed by atoms with Crippen molar-refractivity contribution >= 4 is 65.5 Å². The summed E-state index contributed by atoms with van der Waals surface area (Å²) in [7, 11) is 0. The van der Waals surface area contributed by atoms with Crippen molar-refractivity contribution < 1.29 is 68.4 Å². The van der Waals surface area contributed by atoms with Gasteiger partial charge in [-0.25, -0.2) is 4.99 Å². The maximum absolute atomic E-state index is 13.5. The van der Waals surface area contributed by atoms with Gasteiger partial charge in [0, 0.05) is 32.4 Å². The quantitative estimate of drug-likeness (QED) is 0.111. The number of hydrogen-bond acceptors (Lipinski definition) is 11. The Hall–Kier alpha value is -5.47. The number of amides is 7. The van der Waals surface area contributed by atoms with E-state index in [1.165, 1.54) is 0 Å². The fourth-order valence-corrected chi connectivity index (χ4v) is 5.29. The molecular formula is C30H43N7O14. The van der Waals surface area contributed by atoms with Crippen molar-refractivity contribution in [2.45, 2.75) is 107 Å². The van der Waals surface area contributed by atoms with E-state index in [9.17, 15) is 63.3 Å². The van der Waals surface area contributed by atoms with Gasteiger partial charge in [0.15, 0.2) is 0 Å². The van der Waals surface area contributed by atoms with E-state index in [0.29, 0.717) is 6.21 Å². The van der Waals surface area contributed by atoms with Crippen LogP contribution in [0.3, 0.4) is 0 Å². The highest BCUT2D eigenvalue weighted by molar-refractivity contribution is 6.28. The largest absolute Gasteiger partial charge is 0.481 e. The highest BCUT2D eigenvalue weighted by Crippen LogP contribution is 2.20. The average molecular weight is 726 g/mol. The molecule has 0 aromatic heterocycles. The van der Waals surface area contributed by atoms with Crippen LogP contribution in [0.2, 0.25) is 0 Å². The summed E-state index contributed by atoms with van der Waals surface area (Å²) in [5.74, 6) is -10.8. The van der Waals surface area contributed by atoms with Gasteiger partial charge in [-0.15, -0.1) is 0 Å². The predicted octanol–water partition coefficient (Wildman–Crippen LogP) is -3.60. The molecule has 1 fully saturated rings. The van der Waals surface area contributed by atoms with E-state index in [0.717, 1.165) is 11.8 Å². The Morgan fingerprint density at radius 3 is 2.02 bits per heavy atom. The normalized spacial score (nSPS) is 25.6. The Balaban J connectivity index is 2.45. The number of rotatable bonds is 9. The van der Waals surface area contributed by atoms with Gasteiger partial charge in [0.1, 0.15) is 30.2 Å². The molecule has 21 nitrogen and oxygen atoms in total. The number of carbonyl (C=O) groups excluding carboxylic acids is 7. The van der Waals surface area contributed by atoms with Crippen LogP contribution in [0.1, 0.15) is 71.1 Å². The average Bonchev–Trinajstić information content (AvgIpc) is 3.54. The fraction of sp³-hybridized carbons (Fsp3) is 0.633. The third-order valence-corrected chi connectivity index (χ3v) is 7.90. The zero-order chi connectivity index (χ0) is 38.2. The van der Waals surface area contributed by atoms with E-state index in [1.807, 2.05) is 0 Å². The smallest absolute Gasteiger partial charge is 0.305 e. The first-order chi connectivity index (χ1) is 24.0. The third-order valence-electron chi connectivity index (χ3n) is 7.90. The summed E-state index contributed by atoms with van der Waals surface area (Å²) in [4.78, 5) is 130. The van der Waals surface area contributed by atoms with Crippen LogP contribution < -0.4 is 26.6 Å². The van der Waals surface area contributed by atoms with Gasteiger partial charge in [-0.3, -0.25) is 47.9 Å². The molecule has 0 saturated carbocycles. The minimum Gasteiger partial charge on any atom is -0.481 e. The summed E-state index contributed by atoms with van der Waals surface area (Å²) in [6.45, 7) is 1.06. The molecule has 2 rings (SSSR count). The van der Waals surface area contributed by atoms with Crippen molar-refractivity contribution in [2.75, 3.05) is 13.1 Å². The summed E-state index contributed by atoms with van der Waals surface area (Å²) in [5.41, 5.74) is 0. The van der Waals surface area contributed by atoms with Crippen LogP contribution in [0, 0.1) is 0 Å². The summed E-state index contributed by atoms with van der Waals surface area (Å²) >= 11 is 0. The first-order valence-corrected chi connectivity index (χ1v) is 16.2. The van der Waals surface area contributed by atoms with Crippen molar-refractivity contribution in [2.24, 2.45) is 4.99 Å². The Morgan fingerprint density at radius 1 is 0.804 bits per heavy atom. The first kappa shape index (κ1) is 41.7. The van der Waals surface area contributed by atoms with Gasteiger partial charge >= 0.3 is 17.9 Å². The zero-order valence-electron chi connectivity index (χ0n) is 27.8. The molecule has 2 heterocycles. The standard InChI is InChI=1S/C30H43N7O14/c1-15(38)25-29(50)32-14-21(40)33-16(7-9-22(41)42)26(47)31-11-3-2-6-20(39)34-18(13-24(45)46)30(51)37-12-4-5-19(37)28(49)35-17(27(48)36-25)8-10-23(43)44/h14-19,25,38H,2-13H2,1H3,(H,31,47)(H,33,40)(H,34,39)(H,35,49)(H,36,48)(H,41,42)(H,43,44)(H,45,46)/t15-,16+,17+,18+,19+,25+/m1/s1. The van der Waals surface area contributed by atoms with Crippen LogP contribution in [0.25, 0.3) is 0 Å². The summed E-state index contributed by atoms with van der Waals surface area (Å²) in [5, 5.41) is 49.5. The highest BCUT2D eigenvalue weighted by atomic mass is 16.4. The number of carboxylic acid groups (broad SMARTS) is 3. The molecule has 0 aromatic carbocycles. The lowest BCUT2D eigenvalue weighted by atomic mass is 10.1. The van der Waals surface area contributed by atoms with E-state index in [2.05, 4.69) is 31.6 Å². The number of aliphatic carboxylic acids is 3. The Kier molecular flexibility index (Phi) is 16.6. The Bertz CT molecular complexity index is 1400. The molecule has 0 radical (unpaired) electrons. The lowest BCUT2D eigenvalue weighted by Crippen LogP contribution is -2.58. The third kappa shape index (κ3) is 14.1. The second kappa shape index (κ2) is 20.3. The van der Waals surface area contributed by atoms with E-state index in [1.54, 1.807) is 0 Å². The van der Waals surface area contributed by atoms with E-state index < -0.39 is 121 Å². The molecular weight excluding hydrogens is 682 g/mol. The van der Waals surface area contributed by atoms with E-state index in [-0.39, 0.29) is 51.6 Å². The molecule has 0 aromatic rings. The number of fused-ring (bicyclic) bond motifs is 1. The molecule has 6 atom stereocenters. The van der Waals surface area contributed by atoms with Crippen molar-refractivity contribution in [1.29, 1.82) is 0 Å². The lowest BCUT2D eigenvalue weighted by Gasteiger charge is -2.29. The van der Waals surface area contributed by atoms with Crippen LogP contribution in [0.15, 0.2) is 4.99 Å². The van der Waals surface area contributed by atoms with Gasteiger partial charge in [-0.2, -0.15) is 0 Å². The molecule has 282 valence electrons. The maximum Gasteiger partial charge on any atom is 0.305 e. The highest BCUT2D eigenvalue weighted by Gasteiger charge is 2.40. The number of hydrogen-bond donors (Lipinski definition) is 9. The molecule has 21 heteroatoms. The number of carbonyl (C=O) groups is 10. The minimum absolute atomic E-state index is 0.00770. The minimum atomic E-state index is -1.81. The summed E-state index contributed by atoms with van der Waals surface area (Å²) in [6, 6.07) is -7.64. The maximum atomic E-state index is 13.5. The number of aliphatic hydroxyl groups is 1. The van der Waals surface area contributed by atoms with E-state index >= 15 is 0 Å². The van der Waals surface area contributed by atoms with Gasteiger partial charge in [0.25, 0.3) is 11.8 Å². The SMILES string of the molecule is C[C@@H](O)[C@@H]1NC(=O)[C@H](CCC(=O)O)NC(=O)[C@@H]2CCCN2C(=O)[C@H](CC(=O)O)NC(=O)CCCCNC(=O)[C@H](CCC(=O)O)NC(=O)C=NC1=O. The molecule has 0 bridgehead atoms. The fourth-order valence-electron chi connectivity index (χ4n) is 5.29. The lowest BCUT2D eigenvalue weighted by molar-refractivity contribution is -0.146. The number of nitrogens with zero attached hydrogens (tertiary/aromatic N) is 2.